The molecule has 0 spiro atoms. The summed E-state index contributed by atoms with van der Waals surface area (Å²) in [4.78, 5) is 53.0. The summed E-state index contributed by atoms with van der Waals surface area (Å²) in [6.07, 6.45) is -1.26. The number of piperidine rings is 1. The molecule has 1 unspecified atom stereocenters. The second-order valence-electron chi connectivity index (χ2n) is 12.7. The lowest BCUT2D eigenvalue weighted by atomic mass is 10.0. The van der Waals surface area contributed by atoms with Gasteiger partial charge in [0.15, 0.2) is 0 Å². The molecule has 53 heavy (non-hydrogen) atoms. The van der Waals surface area contributed by atoms with E-state index < -0.39 is 23.7 Å². The fourth-order valence-electron chi connectivity index (χ4n) is 6.18. The van der Waals surface area contributed by atoms with E-state index in [0.717, 1.165) is 22.0 Å². The standard InChI is InChI=1S/C37H34F3N7O5S/c1-46(2)24-4-7-28-30(17-24)53-35(44-28)33-27(37(38,39)40)16-22(19-43-33)21-3-9-31(42-18-21)41-11-12-51-13-14-52-25-5-6-26-23(15-25)20-47(36(26)50)29-8-10-32(48)45-34(29)49/h3-7,9,15-19,29H,8,10-14,20H2,1-2H3,(H,41,42)(H,45,48,49). The lowest BCUT2D eigenvalue weighted by Crippen LogP contribution is -2.52. The number of carbonyl (C=O) groups is 3. The highest BCUT2D eigenvalue weighted by Crippen LogP contribution is 2.41. The van der Waals surface area contributed by atoms with E-state index in [1.54, 1.807) is 36.4 Å². The van der Waals surface area contributed by atoms with Crippen molar-refractivity contribution in [2.24, 2.45) is 0 Å². The highest BCUT2D eigenvalue weighted by atomic mass is 32.1. The Balaban J connectivity index is 0.886. The van der Waals surface area contributed by atoms with Crippen LogP contribution in [0.3, 0.4) is 0 Å². The Labute approximate surface area is 306 Å². The Morgan fingerprint density at radius 2 is 1.81 bits per heavy atom. The zero-order valence-corrected chi connectivity index (χ0v) is 29.5. The van der Waals surface area contributed by atoms with Gasteiger partial charge in [-0.15, -0.1) is 11.3 Å². The quantitative estimate of drug-likeness (QED) is 0.120. The van der Waals surface area contributed by atoms with Crippen LogP contribution in [0.4, 0.5) is 24.7 Å². The van der Waals surface area contributed by atoms with Crippen LogP contribution in [-0.2, 0) is 27.0 Å². The van der Waals surface area contributed by atoms with Gasteiger partial charge in [0.1, 0.15) is 34.9 Å². The second-order valence-corrected chi connectivity index (χ2v) is 13.8. The number of carbonyl (C=O) groups excluding carboxylic acids is 3. The van der Waals surface area contributed by atoms with Gasteiger partial charge in [0.05, 0.1) is 29.0 Å². The number of benzene rings is 2. The van der Waals surface area contributed by atoms with Crippen molar-refractivity contribution < 1.29 is 37.0 Å². The van der Waals surface area contributed by atoms with E-state index in [0.29, 0.717) is 54.4 Å². The van der Waals surface area contributed by atoms with Gasteiger partial charge in [-0.1, -0.05) is 0 Å². The number of aromatic nitrogens is 3. The van der Waals surface area contributed by atoms with E-state index in [1.807, 2.05) is 31.1 Å². The number of anilines is 2. The summed E-state index contributed by atoms with van der Waals surface area (Å²) >= 11 is 1.17. The van der Waals surface area contributed by atoms with E-state index in [-0.39, 0.29) is 47.7 Å². The topological polar surface area (TPSA) is 139 Å². The number of alkyl halides is 3. The largest absolute Gasteiger partial charge is 0.491 e. The van der Waals surface area contributed by atoms with Gasteiger partial charge in [-0.2, -0.15) is 13.2 Å². The average Bonchev–Trinajstić information content (AvgIpc) is 3.71. The normalized spacial score (nSPS) is 15.8. The predicted molar refractivity (Wildman–Crippen MR) is 193 cm³/mol. The fourth-order valence-corrected chi connectivity index (χ4v) is 7.19. The molecule has 2 aromatic carbocycles. The third-order valence-corrected chi connectivity index (χ3v) is 9.95. The summed E-state index contributed by atoms with van der Waals surface area (Å²) in [7, 11) is 3.78. The van der Waals surface area contributed by atoms with Crippen molar-refractivity contribution in [1.29, 1.82) is 0 Å². The number of imide groups is 1. The summed E-state index contributed by atoms with van der Waals surface area (Å²) in [5.74, 6) is 0.0553. The molecule has 0 saturated carbocycles. The molecule has 2 aliphatic heterocycles. The van der Waals surface area contributed by atoms with Crippen molar-refractivity contribution >= 4 is 50.8 Å². The molecule has 5 heterocycles. The smallest absolute Gasteiger partial charge is 0.418 e. The number of amides is 3. The molecule has 12 nitrogen and oxygen atoms in total. The molecule has 16 heteroatoms. The van der Waals surface area contributed by atoms with E-state index in [4.69, 9.17) is 9.47 Å². The first-order valence-corrected chi connectivity index (χ1v) is 17.6. The van der Waals surface area contributed by atoms with E-state index in [1.165, 1.54) is 28.6 Å². The van der Waals surface area contributed by atoms with Gasteiger partial charge >= 0.3 is 6.18 Å². The van der Waals surface area contributed by atoms with Crippen LogP contribution < -0.4 is 20.3 Å². The maximum atomic E-state index is 14.3. The first-order chi connectivity index (χ1) is 25.4. The van der Waals surface area contributed by atoms with Crippen LogP contribution >= 0.6 is 11.3 Å². The van der Waals surface area contributed by atoms with Gasteiger partial charge in [0.25, 0.3) is 5.91 Å². The average molecular weight is 746 g/mol. The first-order valence-electron chi connectivity index (χ1n) is 16.8. The number of hydrogen-bond acceptors (Lipinski definition) is 11. The van der Waals surface area contributed by atoms with Crippen LogP contribution in [-0.4, -0.2) is 84.1 Å². The number of nitrogens with one attached hydrogen (secondary N) is 2. The summed E-state index contributed by atoms with van der Waals surface area (Å²) < 4.78 is 55.0. The summed E-state index contributed by atoms with van der Waals surface area (Å²) in [6.45, 7) is 1.59. The van der Waals surface area contributed by atoms with E-state index in [9.17, 15) is 27.6 Å². The van der Waals surface area contributed by atoms with E-state index in [2.05, 4.69) is 25.6 Å². The van der Waals surface area contributed by atoms with Crippen LogP contribution in [0, 0.1) is 0 Å². The number of nitrogens with zero attached hydrogens (tertiary/aromatic N) is 5. The van der Waals surface area contributed by atoms with Gasteiger partial charge < -0.3 is 24.6 Å². The van der Waals surface area contributed by atoms with Crippen LogP contribution in [0.25, 0.3) is 32.0 Å². The van der Waals surface area contributed by atoms with Gasteiger partial charge in [-0.05, 0) is 66.6 Å². The predicted octanol–water partition coefficient (Wildman–Crippen LogP) is 5.77. The minimum atomic E-state index is -4.64. The molecule has 0 aliphatic carbocycles. The van der Waals surface area contributed by atoms with Crippen molar-refractivity contribution in [3.63, 3.8) is 0 Å². The van der Waals surface area contributed by atoms with Crippen LogP contribution in [0.2, 0.25) is 0 Å². The molecular weight excluding hydrogens is 712 g/mol. The van der Waals surface area contributed by atoms with Gasteiger partial charge in [0, 0.05) is 68.4 Å². The monoisotopic (exact) mass is 745 g/mol. The zero-order chi connectivity index (χ0) is 37.3. The lowest BCUT2D eigenvalue weighted by Gasteiger charge is -2.29. The molecule has 2 N–H and O–H groups in total. The third-order valence-electron chi connectivity index (χ3n) is 8.92. The second kappa shape index (κ2) is 14.8. The van der Waals surface area contributed by atoms with Crippen molar-refractivity contribution in [1.82, 2.24) is 25.2 Å². The molecule has 1 atom stereocenters. The lowest BCUT2D eigenvalue weighted by molar-refractivity contribution is -0.138. The highest BCUT2D eigenvalue weighted by Gasteiger charge is 2.39. The number of halogens is 3. The molecule has 5 aromatic rings. The fraction of sp³-hybridized carbons (Fsp3) is 0.297. The molecule has 274 valence electrons. The van der Waals surface area contributed by atoms with Crippen LogP contribution in [0.5, 0.6) is 5.75 Å². The number of rotatable bonds is 12. The number of hydrogen-bond donors (Lipinski definition) is 2. The zero-order valence-electron chi connectivity index (χ0n) is 28.7. The van der Waals surface area contributed by atoms with Crippen molar-refractivity contribution in [3.8, 4) is 27.6 Å². The molecule has 3 aromatic heterocycles. The summed E-state index contributed by atoms with van der Waals surface area (Å²) in [5.41, 5.74) is 2.46. The molecule has 3 amide bonds. The summed E-state index contributed by atoms with van der Waals surface area (Å²) in [5, 5.41) is 5.62. The Morgan fingerprint density at radius 1 is 0.981 bits per heavy atom. The Hall–Kier alpha value is -5.61. The number of thiazole rings is 1. The third kappa shape index (κ3) is 7.78. The summed E-state index contributed by atoms with van der Waals surface area (Å²) in [6, 6.07) is 14.4. The van der Waals surface area contributed by atoms with Gasteiger partial charge in [-0.3, -0.25) is 24.7 Å². The van der Waals surface area contributed by atoms with Crippen LogP contribution in [0.1, 0.15) is 34.3 Å². The minimum Gasteiger partial charge on any atom is -0.491 e. The SMILES string of the molecule is CN(C)c1ccc2nc(-c3ncc(-c4ccc(NCCOCCOc5ccc6c(c5)CN(C5CCC(=O)NC5=O)C6=O)nc4)cc3C(F)(F)F)sc2c1. The van der Waals surface area contributed by atoms with Crippen LogP contribution in [0.15, 0.2) is 67.0 Å². The molecule has 1 fully saturated rings. The first kappa shape index (κ1) is 35.8. The molecule has 0 radical (unpaired) electrons. The van der Waals surface area contributed by atoms with E-state index >= 15 is 0 Å². The molecule has 1 saturated heterocycles. The van der Waals surface area contributed by atoms with Crippen molar-refractivity contribution in [2.45, 2.75) is 31.6 Å². The maximum Gasteiger partial charge on any atom is 0.418 e. The Kier molecular flexibility index (Phi) is 9.98. The number of pyridine rings is 2. The Bertz CT molecular complexity index is 2190. The highest BCUT2D eigenvalue weighted by molar-refractivity contribution is 7.21. The number of ether oxygens (including phenoxy) is 2. The van der Waals surface area contributed by atoms with Gasteiger partial charge in [0.2, 0.25) is 11.8 Å². The van der Waals surface area contributed by atoms with Gasteiger partial charge in [-0.25, -0.2) is 9.97 Å². The Morgan fingerprint density at radius 3 is 2.57 bits per heavy atom. The molecular formula is C37H34F3N7O5S. The maximum absolute atomic E-state index is 14.3. The minimum absolute atomic E-state index is 0.192. The van der Waals surface area contributed by atoms with Crippen molar-refractivity contribution in [3.05, 3.63) is 83.7 Å². The molecule has 0 bridgehead atoms. The molecule has 7 rings (SSSR count). The molecule has 2 aliphatic rings. The van der Waals surface area contributed by atoms with Crippen molar-refractivity contribution in [2.75, 3.05) is 50.7 Å². The number of fused-ring (bicyclic) bond motifs is 2.